The van der Waals surface area contributed by atoms with Crippen molar-refractivity contribution in [1.82, 2.24) is 19.7 Å². The van der Waals surface area contributed by atoms with Gasteiger partial charge in [-0.05, 0) is 13.8 Å². The molecule has 0 spiro atoms. The van der Waals surface area contributed by atoms with Crippen LogP contribution in [0.5, 0.6) is 0 Å². The van der Waals surface area contributed by atoms with Crippen LogP contribution in [0.3, 0.4) is 0 Å². The van der Waals surface area contributed by atoms with Gasteiger partial charge in [0.05, 0.1) is 24.1 Å². The summed E-state index contributed by atoms with van der Waals surface area (Å²) < 4.78 is 1.81. The van der Waals surface area contributed by atoms with E-state index in [0.717, 1.165) is 17.1 Å². The summed E-state index contributed by atoms with van der Waals surface area (Å²) in [5, 5.41) is 4.15. The summed E-state index contributed by atoms with van der Waals surface area (Å²) in [6, 6.07) is 1.83. The molecule has 5 heteroatoms. The Bertz CT molecular complexity index is 457. The van der Waals surface area contributed by atoms with E-state index < -0.39 is 0 Å². The van der Waals surface area contributed by atoms with E-state index in [9.17, 15) is 0 Å². The quantitative estimate of drug-likeness (QED) is 0.788. The second kappa shape index (κ2) is 3.68. The molecule has 2 heterocycles. The first-order valence-corrected chi connectivity index (χ1v) is 4.72. The Hall–Kier alpha value is -1.91. The number of aromatic nitrogens is 4. The molecule has 78 valence electrons. The SMILES string of the molecule is Cc1cnc(Cn2nc(N)cc2C)cn1. The van der Waals surface area contributed by atoms with E-state index in [2.05, 4.69) is 15.1 Å². The van der Waals surface area contributed by atoms with Crippen LogP contribution in [0.2, 0.25) is 0 Å². The van der Waals surface area contributed by atoms with Gasteiger partial charge < -0.3 is 5.73 Å². The van der Waals surface area contributed by atoms with Gasteiger partial charge in [0.25, 0.3) is 0 Å². The number of hydrogen-bond acceptors (Lipinski definition) is 4. The van der Waals surface area contributed by atoms with Gasteiger partial charge in [-0.25, -0.2) is 0 Å². The molecule has 0 aliphatic heterocycles. The van der Waals surface area contributed by atoms with Crippen LogP contribution in [-0.4, -0.2) is 19.7 Å². The molecule has 15 heavy (non-hydrogen) atoms. The summed E-state index contributed by atoms with van der Waals surface area (Å²) in [6.07, 6.45) is 3.50. The first-order chi connectivity index (χ1) is 7.15. The second-order valence-corrected chi connectivity index (χ2v) is 3.52. The van der Waals surface area contributed by atoms with Crippen molar-refractivity contribution >= 4 is 5.82 Å². The van der Waals surface area contributed by atoms with Crippen LogP contribution in [0.4, 0.5) is 5.82 Å². The first-order valence-electron chi connectivity index (χ1n) is 4.72. The first kappa shape index (κ1) is 9.64. The zero-order valence-electron chi connectivity index (χ0n) is 8.81. The maximum absolute atomic E-state index is 5.59. The van der Waals surface area contributed by atoms with Gasteiger partial charge in [-0.2, -0.15) is 5.10 Å². The lowest BCUT2D eigenvalue weighted by Gasteiger charge is -2.03. The highest BCUT2D eigenvalue weighted by molar-refractivity contribution is 5.29. The maximum atomic E-state index is 5.59. The number of anilines is 1. The predicted molar refractivity (Wildman–Crippen MR) is 57.2 cm³/mol. The lowest BCUT2D eigenvalue weighted by atomic mass is 10.4. The third-order valence-electron chi connectivity index (χ3n) is 2.15. The van der Waals surface area contributed by atoms with Gasteiger partial charge in [-0.3, -0.25) is 14.6 Å². The van der Waals surface area contributed by atoms with Crippen molar-refractivity contribution in [1.29, 1.82) is 0 Å². The fourth-order valence-corrected chi connectivity index (χ4v) is 1.35. The monoisotopic (exact) mass is 203 g/mol. The van der Waals surface area contributed by atoms with Crippen LogP contribution in [0.15, 0.2) is 18.5 Å². The van der Waals surface area contributed by atoms with Gasteiger partial charge in [0, 0.05) is 18.0 Å². The molecule has 0 aromatic carbocycles. The van der Waals surface area contributed by atoms with Crippen molar-refractivity contribution in [3.63, 3.8) is 0 Å². The Morgan fingerprint density at radius 2 is 2.07 bits per heavy atom. The van der Waals surface area contributed by atoms with Crippen LogP contribution in [0, 0.1) is 13.8 Å². The molecule has 0 saturated heterocycles. The smallest absolute Gasteiger partial charge is 0.145 e. The summed E-state index contributed by atoms with van der Waals surface area (Å²) in [6.45, 7) is 4.48. The molecule has 0 saturated carbocycles. The Morgan fingerprint density at radius 1 is 1.27 bits per heavy atom. The molecule has 0 fully saturated rings. The highest BCUT2D eigenvalue weighted by atomic mass is 15.3. The number of hydrogen-bond donors (Lipinski definition) is 1. The average molecular weight is 203 g/mol. The Kier molecular flexibility index (Phi) is 2.37. The van der Waals surface area contributed by atoms with Crippen molar-refractivity contribution in [3.8, 4) is 0 Å². The summed E-state index contributed by atoms with van der Waals surface area (Å²) in [7, 11) is 0. The van der Waals surface area contributed by atoms with E-state index in [1.165, 1.54) is 0 Å². The van der Waals surface area contributed by atoms with Crippen LogP contribution < -0.4 is 5.73 Å². The largest absolute Gasteiger partial charge is 0.382 e. The minimum absolute atomic E-state index is 0.535. The van der Waals surface area contributed by atoms with Gasteiger partial charge in [0.2, 0.25) is 0 Å². The van der Waals surface area contributed by atoms with E-state index in [0.29, 0.717) is 12.4 Å². The lowest BCUT2D eigenvalue weighted by Crippen LogP contribution is -2.06. The zero-order chi connectivity index (χ0) is 10.8. The summed E-state index contributed by atoms with van der Waals surface area (Å²) >= 11 is 0. The molecular weight excluding hydrogens is 190 g/mol. The summed E-state index contributed by atoms with van der Waals surface area (Å²) in [5.41, 5.74) is 8.41. The zero-order valence-corrected chi connectivity index (χ0v) is 8.81. The standard InChI is InChI=1S/C10H13N5/c1-7-4-13-9(5-12-7)6-15-8(2)3-10(11)14-15/h3-5H,6H2,1-2H3,(H2,11,14). The normalized spacial score (nSPS) is 10.5. The highest BCUT2D eigenvalue weighted by Crippen LogP contribution is 2.06. The molecular formula is C10H13N5. The third kappa shape index (κ3) is 2.12. The minimum atomic E-state index is 0.535. The van der Waals surface area contributed by atoms with Gasteiger partial charge >= 0.3 is 0 Å². The second-order valence-electron chi connectivity index (χ2n) is 3.52. The van der Waals surface area contributed by atoms with Crippen molar-refractivity contribution in [3.05, 3.63) is 35.5 Å². The number of aryl methyl sites for hydroxylation is 2. The molecule has 2 aromatic rings. The van der Waals surface area contributed by atoms with Crippen molar-refractivity contribution in [2.45, 2.75) is 20.4 Å². The van der Waals surface area contributed by atoms with Crippen LogP contribution in [0.1, 0.15) is 17.1 Å². The predicted octanol–water partition coefficient (Wildman–Crippen LogP) is 0.920. The highest BCUT2D eigenvalue weighted by Gasteiger charge is 2.03. The van der Waals surface area contributed by atoms with E-state index >= 15 is 0 Å². The molecule has 0 atom stereocenters. The molecule has 0 aliphatic rings. The molecule has 0 radical (unpaired) electrons. The Morgan fingerprint density at radius 3 is 2.60 bits per heavy atom. The maximum Gasteiger partial charge on any atom is 0.145 e. The molecule has 0 unspecified atom stereocenters. The van der Waals surface area contributed by atoms with Gasteiger partial charge in [0.1, 0.15) is 5.82 Å². The van der Waals surface area contributed by atoms with E-state index in [1.54, 1.807) is 12.4 Å². The van der Waals surface area contributed by atoms with Crippen molar-refractivity contribution in [2.24, 2.45) is 0 Å². The van der Waals surface area contributed by atoms with E-state index in [1.807, 2.05) is 24.6 Å². The molecule has 0 amide bonds. The average Bonchev–Trinajstić information content (AvgIpc) is 2.49. The van der Waals surface area contributed by atoms with Crippen LogP contribution >= 0.6 is 0 Å². The number of nitrogen functional groups attached to an aromatic ring is 1. The summed E-state index contributed by atoms with van der Waals surface area (Å²) in [4.78, 5) is 8.44. The fourth-order valence-electron chi connectivity index (χ4n) is 1.35. The number of nitrogens with zero attached hydrogens (tertiary/aromatic N) is 4. The summed E-state index contributed by atoms with van der Waals surface area (Å²) in [5.74, 6) is 0.535. The topological polar surface area (TPSA) is 69.6 Å². The van der Waals surface area contributed by atoms with Crippen LogP contribution in [-0.2, 0) is 6.54 Å². The van der Waals surface area contributed by atoms with E-state index in [-0.39, 0.29) is 0 Å². The van der Waals surface area contributed by atoms with Gasteiger partial charge in [-0.15, -0.1) is 0 Å². The molecule has 5 nitrogen and oxygen atoms in total. The van der Waals surface area contributed by atoms with Crippen molar-refractivity contribution in [2.75, 3.05) is 5.73 Å². The van der Waals surface area contributed by atoms with Crippen molar-refractivity contribution < 1.29 is 0 Å². The van der Waals surface area contributed by atoms with Crippen LogP contribution in [0.25, 0.3) is 0 Å². The Balaban J connectivity index is 2.21. The molecule has 0 aliphatic carbocycles. The fraction of sp³-hybridized carbons (Fsp3) is 0.300. The molecule has 0 bridgehead atoms. The minimum Gasteiger partial charge on any atom is -0.382 e. The third-order valence-corrected chi connectivity index (χ3v) is 2.15. The lowest BCUT2D eigenvalue weighted by molar-refractivity contribution is 0.652. The van der Waals surface area contributed by atoms with Gasteiger partial charge in [0.15, 0.2) is 0 Å². The number of nitrogens with two attached hydrogens (primary N) is 1. The van der Waals surface area contributed by atoms with E-state index in [4.69, 9.17) is 5.73 Å². The molecule has 2 N–H and O–H groups in total. The molecule has 2 rings (SSSR count). The van der Waals surface area contributed by atoms with Gasteiger partial charge in [-0.1, -0.05) is 0 Å². The molecule has 2 aromatic heterocycles. The Labute approximate surface area is 88.0 Å². The number of rotatable bonds is 2.